The summed E-state index contributed by atoms with van der Waals surface area (Å²) in [5.74, 6) is -0.139. The standard InChI is InChI=1S/C26H34FN3O2/c1-26(2,3)15-24(31)28-22-11-12-23(29(4)5)20(14-22)17-30(16-18-9-10-18)25(32)19-7-6-8-21(27)13-19/h6-8,11-14,18H,9-10,15-17H2,1-5H3,(H,28,31). The summed E-state index contributed by atoms with van der Waals surface area (Å²) in [6.45, 7) is 7.12. The van der Waals surface area contributed by atoms with Gasteiger partial charge in [-0.05, 0) is 66.1 Å². The van der Waals surface area contributed by atoms with Gasteiger partial charge in [0.25, 0.3) is 5.91 Å². The largest absolute Gasteiger partial charge is 0.377 e. The van der Waals surface area contributed by atoms with E-state index >= 15 is 0 Å². The van der Waals surface area contributed by atoms with Crippen molar-refractivity contribution in [2.24, 2.45) is 11.3 Å². The predicted octanol–water partition coefficient (Wildman–Crippen LogP) is 5.32. The molecular weight excluding hydrogens is 405 g/mol. The first-order valence-corrected chi connectivity index (χ1v) is 11.2. The minimum absolute atomic E-state index is 0.0354. The van der Waals surface area contributed by atoms with Gasteiger partial charge < -0.3 is 15.1 Å². The van der Waals surface area contributed by atoms with Crippen LogP contribution in [-0.2, 0) is 11.3 Å². The van der Waals surface area contributed by atoms with E-state index in [1.807, 2.05) is 58.0 Å². The Bertz CT molecular complexity index is 977. The van der Waals surface area contributed by atoms with E-state index < -0.39 is 5.82 Å². The van der Waals surface area contributed by atoms with Crippen molar-refractivity contribution in [2.45, 2.75) is 46.6 Å². The van der Waals surface area contributed by atoms with Crippen molar-refractivity contribution in [2.75, 3.05) is 30.9 Å². The lowest BCUT2D eigenvalue weighted by atomic mass is 9.92. The van der Waals surface area contributed by atoms with E-state index in [4.69, 9.17) is 0 Å². The van der Waals surface area contributed by atoms with E-state index in [0.29, 0.717) is 36.7 Å². The highest BCUT2D eigenvalue weighted by Crippen LogP contribution is 2.32. The lowest BCUT2D eigenvalue weighted by Gasteiger charge is -2.26. The van der Waals surface area contributed by atoms with Gasteiger partial charge in [0.1, 0.15) is 5.82 Å². The summed E-state index contributed by atoms with van der Waals surface area (Å²) < 4.78 is 13.7. The molecule has 2 aromatic rings. The molecule has 32 heavy (non-hydrogen) atoms. The van der Waals surface area contributed by atoms with Crippen molar-refractivity contribution in [3.05, 3.63) is 59.4 Å². The van der Waals surface area contributed by atoms with E-state index in [0.717, 1.165) is 24.1 Å². The number of rotatable bonds is 8. The molecular formula is C26H34FN3O2. The average molecular weight is 440 g/mol. The zero-order valence-corrected chi connectivity index (χ0v) is 19.7. The summed E-state index contributed by atoms with van der Waals surface area (Å²) >= 11 is 0. The molecule has 1 fully saturated rings. The van der Waals surface area contributed by atoms with Crippen LogP contribution in [0.25, 0.3) is 0 Å². The number of nitrogens with one attached hydrogen (secondary N) is 1. The van der Waals surface area contributed by atoms with Crippen LogP contribution >= 0.6 is 0 Å². The van der Waals surface area contributed by atoms with E-state index in [-0.39, 0.29) is 17.2 Å². The Morgan fingerprint density at radius 2 is 1.81 bits per heavy atom. The molecule has 2 amide bonds. The SMILES string of the molecule is CN(C)c1ccc(NC(=O)CC(C)(C)C)cc1CN(CC1CC1)C(=O)c1cccc(F)c1. The third-order valence-corrected chi connectivity index (χ3v) is 5.43. The summed E-state index contributed by atoms with van der Waals surface area (Å²) in [5, 5.41) is 2.99. The van der Waals surface area contributed by atoms with Gasteiger partial charge in [-0.1, -0.05) is 26.8 Å². The number of anilines is 2. The molecule has 0 spiro atoms. The number of halogens is 1. The first-order valence-electron chi connectivity index (χ1n) is 11.2. The molecule has 2 aromatic carbocycles. The molecule has 1 saturated carbocycles. The molecule has 0 unspecified atom stereocenters. The maximum Gasteiger partial charge on any atom is 0.254 e. The molecule has 5 nitrogen and oxygen atoms in total. The molecule has 0 saturated heterocycles. The van der Waals surface area contributed by atoms with Crippen LogP contribution < -0.4 is 10.2 Å². The van der Waals surface area contributed by atoms with Crippen molar-refractivity contribution in [1.29, 1.82) is 0 Å². The molecule has 1 aliphatic carbocycles. The normalized spacial score (nSPS) is 13.6. The van der Waals surface area contributed by atoms with Gasteiger partial charge in [0.15, 0.2) is 0 Å². The van der Waals surface area contributed by atoms with Crippen LogP contribution in [0.1, 0.15) is 56.0 Å². The highest BCUT2D eigenvalue weighted by atomic mass is 19.1. The second-order valence-electron chi connectivity index (χ2n) is 10.2. The molecule has 6 heteroatoms. The van der Waals surface area contributed by atoms with Crippen LogP contribution in [0.5, 0.6) is 0 Å². The number of nitrogens with zero attached hydrogens (tertiary/aromatic N) is 2. The minimum Gasteiger partial charge on any atom is -0.377 e. The van der Waals surface area contributed by atoms with Crippen molar-refractivity contribution >= 4 is 23.2 Å². The Hall–Kier alpha value is -2.89. The van der Waals surface area contributed by atoms with Crippen molar-refractivity contribution in [1.82, 2.24) is 4.90 Å². The predicted molar refractivity (Wildman–Crippen MR) is 127 cm³/mol. The van der Waals surface area contributed by atoms with E-state index in [1.54, 1.807) is 17.0 Å². The van der Waals surface area contributed by atoms with Gasteiger partial charge in [-0.25, -0.2) is 4.39 Å². The molecule has 3 rings (SSSR count). The van der Waals surface area contributed by atoms with Crippen LogP contribution in [0.2, 0.25) is 0 Å². The monoisotopic (exact) mass is 439 g/mol. The first-order chi connectivity index (χ1) is 15.0. The first kappa shape index (κ1) is 23.8. The Kier molecular flexibility index (Phi) is 7.22. The van der Waals surface area contributed by atoms with Crippen LogP contribution in [-0.4, -0.2) is 37.4 Å². The van der Waals surface area contributed by atoms with Gasteiger partial charge >= 0.3 is 0 Å². The molecule has 0 atom stereocenters. The van der Waals surface area contributed by atoms with E-state index in [9.17, 15) is 14.0 Å². The summed E-state index contributed by atoms with van der Waals surface area (Å²) in [5.41, 5.74) is 2.88. The molecule has 1 N–H and O–H groups in total. The highest BCUT2D eigenvalue weighted by Gasteiger charge is 2.28. The number of benzene rings is 2. The Labute approximate surface area is 190 Å². The molecule has 0 radical (unpaired) electrons. The minimum atomic E-state index is -0.417. The number of hydrogen-bond donors (Lipinski definition) is 1. The van der Waals surface area contributed by atoms with E-state index in [1.165, 1.54) is 12.1 Å². The van der Waals surface area contributed by atoms with E-state index in [2.05, 4.69) is 5.32 Å². The number of carbonyl (C=O) groups is 2. The molecule has 1 aliphatic rings. The number of amides is 2. The zero-order chi connectivity index (χ0) is 23.5. The number of carbonyl (C=O) groups excluding carboxylic acids is 2. The summed E-state index contributed by atoms with van der Waals surface area (Å²) in [4.78, 5) is 29.5. The van der Waals surface area contributed by atoms with Crippen molar-refractivity contribution in [3.63, 3.8) is 0 Å². The molecule has 0 aromatic heterocycles. The third-order valence-electron chi connectivity index (χ3n) is 5.43. The maximum atomic E-state index is 13.7. The smallest absolute Gasteiger partial charge is 0.254 e. The fourth-order valence-electron chi connectivity index (χ4n) is 3.75. The molecule has 0 bridgehead atoms. The van der Waals surface area contributed by atoms with Crippen molar-refractivity contribution < 1.29 is 14.0 Å². The average Bonchev–Trinajstić information content (AvgIpc) is 3.49. The quantitative estimate of drug-likeness (QED) is 0.606. The highest BCUT2D eigenvalue weighted by molar-refractivity contribution is 5.94. The third kappa shape index (κ3) is 6.81. The summed E-state index contributed by atoms with van der Waals surface area (Å²) in [7, 11) is 3.91. The Morgan fingerprint density at radius 1 is 1.09 bits per heavy atom. The van der Waals surface area contributed by atoms with Crippen molar-refractivity contribution in [3.8, 4) is 0 Å². The van der Waals surface area contributed by atoms with Gasteiger partial charge in [-0.3, -0.25) is 9.59 Å². The Morgan fingerprint density at radius 3 is 2.41 bits per heavy atom. The number of hydrogen-bond acceptors (Lipinski definition) is 3. The van der Waals surface area contributed by atoms with Gasteiger partial charge in [-0.15, -0.1) is 0 Å². The van der Waals surface area contributed by atoms with Crippen LogP contribution in [0.4, 0.5) is 15.8 Å². The second kappa shape index (κ2) is 9.72. The zero-order valence-electron chi connectivity index (χ0n) is 19.7. The lowest BCUT2D eigenvalue weighted by Crippen LogP contribution is -2.33. The summed E-state index contributed by atoms with van der Waals surface area (Å²) in [6, 6.07) is 11.6. The van der Waals surface area contributed by atoms with Crippen LogP contribution in [0, 0.1) is 17.2 Å². The van der Waals surface area contributed by atoms with Crippen LogP contribution in [0.15, 0.2) is 42.5 Å². The fraction of sp³-hybridized carbons (Fsp3) is 0.462. The maximum absolute atomic E-state index is 13.7. The second-order valence-corrected chi connectivity index (χ2v) is 10.2. The lowest BCUT2D eigenvalue weighted by molar-refractivity contribution is -0.117. The molecule has 0 aliphatic heterocycles. The Balaban J connectivity index is 1.86. The van der Waals surface area contributed by atoms with Gasteiger partial charge in [-0.2, -0.15) is 0 Å². The van der Waals surface area contributed by atoms with Gasteiger partial charge in [0, 0.05) is 50.5 Å². The fourth-order valence-corrected chi connectivity index (χ4v) is 3.75. The molecule has 172 valence electrons. The van der Waals surface area contributed by atoms with Gasteiger partial charge in [0.05, 0.1) is 0 Å². The summed E-state index contributed by atoms with van der Waals surface area (Å²) in [6.07, 6.45) is 2.64. The van der Waals surface area contributed by atoms with Gasteiger partial charge in [0.2, 0.25) is 5.91 Å². The van der Waals surface area contributed by atoms with Crippen LogP contribution in [0.3, 0.4) is 0 Å². The topological polar surface area (TPSA) is 52.7 Å². The molecule has 0 heterocycles.